The lowest BCUT2D eigenvalue weighted by Crippen LogP contribution is -2.45. The van der Waals surface area contributed by atoms with Crippen molar-refractivity contribution < 1.29 is 19.4 Å². The predicted molar refractivity (Wildman–Crippen MR) is 86.1 cm³/mol. The van der Waals surface area contributed by atoms with E-state index in [0.29, 0.717) is 10.7 Å². The molecule has 0 aliphatic rings. The second kappa shape index (κ2) is 6.58. The average Bonchev–Trinajstić information content (AvgIpc) is 3.09. The number of nitrogens with zero attached hydrogens (tertiary/aromatic N) is 7. The van der Waals surface area contributed by atoms with Gasteiger partial charge in [-0.3, -0.25) is 14.0 Å². The number of carboxylic acid groups (broad SMARTS) is 1. The molecular formula is C14H13N7O5. The summed E-state index contributed by atoms with van der Waals surface area (Å²) >= 11 is 0. The Morgan fingerprint density at radius 3 is 2.85 bits per heavy atom. The summed E-state index contributed by atoms with van der Waals surface area (Å²) < 4.78 is 5.86. The van der Waals surface area contributed by atoms with Gasteiger partial charge in [-0.15, -0.1) is 9.89 Å². The van der Waals surface area contributed by atoms with Crippen LogP contribution in [0.5, 0.6) is 0 Å². The molecule has 3 aromatic heterocycles. The molecule has 0 saturated heterocycles. The standard InChI is InChI=1S/C14H13N7O5/c1-8-4-3-5-19-11(8)15-6-9(13(19)24)12-16-17-18-21(12)20(7-10(22)23)14(25)26-2/h3-6H,7H2,1-2H3,(H,22,23). The molecule has 0 unspecified atom stereocenters. The quantitative estimate of drug-likeness (QED) is 0.648. The van der Waals surface area contributed by atoms with Gasteiger partial charge in [-0.2, -0.15) is 5.01 Å². The zero-order chi connectivity index (χ0) is 18.8. The fourth-order valence-corrected chi connectivity index (χ4v) is 2.35. The molecule has 0 bridgehead atoms. The van der Waals surface area contributed by atoms with E-state index in [2.05, 4.69) is 25.2 Å². The van der Waals surface area contributed by atoms with Gasteiger partial charge in [-0.05, 0) is 29.0 Å². The van der Waals surface area contributed by atoms with Crippen LogP contribution in [0.4, 0.5) is 4.79 Å². The van der Waals surface area contributed by atoms with Crippen LogP contribution < -0.4 is 10.6 Å². The van der Waals surface area contributed by atoms with Crippen molar-refractivity contribution in [2.45, 2.75) is 6.92 Å². The van der Waals surface area contributed by atoms with E-state index in [0.717, 1.165) is 17.5 Å². The van der Waals surface area contributed by atoms with Crippen LogP contribution in [0.3, 0.4) is 0 Å². The molecule has 1 amide bonds. The fraction of sp³-hybridized carbons (Fsp3) is 0.214. The summed E-state index contributed by atoms with van der Waals surface area (Å²) in [7, 11) is 1.08. The normalized spacial score (nSPS) is 10.7. The summed E-state index contributed by atoms with van der Waals surface area (Å²) in [6.07, 6.45) is 1.79. The molecule has 26 heavy (non-hydrogen) atoms. The van der Waals surface area contributed by atoms with Crippen molar-refractivity contribution >= 4 is 17.7 Å². The molecule has 12 nitrogen and oxygen atoms in total. The highest BCUT2D eigenvalue weighted by Crippen LogP contribution is 2.13. The highest BCUT2D eigenvalue weighted by molar-refractivity contribution is 5.85. The van der Waals surface area contributed by atoms with Gasteiger partial charge < -0.3 is 9.84 Å². The molecule has 134 valence electrons. The first-order valence-electron chi connectivity index (χ1n) is 7.27. The Hall–Kier alpha value is -3.83. The molecule has 0 atom stereocenters. The van der Waals surface area contributed by atoms with E-state index in [4.69, 9.17) is 5.11 Å². The number of carboxylic acids is 1. The molecule has 0 aliphatic heterocycles. The summed E-state index contributed by atoms with van der Waals surface area (Å²) in [5, 5.41) is 20.4. The lowest BCUT2D eigenvalue weighted by molar-refractivity contribution is -0.135. The van der Waals surface area contributed by atoms with Gasteiger partial charge in [0.1, 0.15) is 17.8 Å². The third kappa shape index (κ3) is 2.83. The topological polar surface area (TPSA) is 145 Å². The van der Waals surface area contributed by atoms with E-state index >= 15 is 0 Å². The zero-order valence-corrected chi connectivity index (χ0v) is 13.7. The predicted octanol–water partition coefficient (Wildman–Crippen LogP) is -0.555. The highest BCUT2D eigenvalue weighted by atomic mass is 16.5. The maximum atomic E-state index is 12.8. The lowest BCUT2D eigenvalue weighted by atomic mass is 10.2. The Labute approximate surface area is 145 Å². The minimum atomic E-state index is -1.32. The van der Waals surface area contributed by atoms with Gasteiger partial charge in [0.25, 0.3) is 5.56 Å². The summed E-state index contributed by atoms with van der Waals surface area (Å²) in [5.74, 6) is -1.47. The van der Waals surface area contributed by atoms with E-state index in [1.807, 2.05) is 0 Å². The van der Waals surface area contributed by atoms with Crippen molar-refractivity contribution in [1.29, 1.82) is 0 Å². The number of rotatable bonds is 4. The van der Waals surface area contributed by atoms with Crippen molar-refractivity contribution in [3.63, 3.8) is 0 Å². The number of aliphatic carboxylic acids is 1. The van der Waals surface area contributed by atoms with Gasteiger partial charge in [0.05, 0.1) is 7.11 Å². The van der Waals surface area contributed by atoms with E-state index in [1.54, 1.807) is 19.1 Å². The second-order valence-corrected chi connectivity index (χ2v) is 5.18. The van der Waals surface area contributed by atoms with Crippen LogP contribution in [-0.4, -0.2) is 60.5 Å². The third-order valence-electron chi connectivity index (χ3n) is 3.52. The molecule has 0 radical (unpaired) electrons. The van der Waals surface area contributed by atoms with Crippen molar-refractivity contribution in [2.24, 2.45) is 0 Å². The molecule has 3 heterocycles. The average molecular weight is 359 g/mol. The van der Waals surface area contributed by atoms with Crippen molar-refractivity contribution in [1.82, 2.24) is 29.7 Å². The first kappa shape index (κ1) is 17.0. The number of tetrazole rings is 1. The Bertz CT molecular complexity index is 1060. The van der Waals surface area contributed by atoms with Crippen LogP contribution in [0.2, 0.25) is 0 Å². The summed E-state index contributed by atoms with van der Waals surface area (Å²) in [5.41, 5.74) is 0.751. The molecule has 3 aromatic rings. The molecule has 0 fully saturated rings. The summed E-state index contributed by atoms with van der Waals surface area (Å²) in [4.78, 5) is 40.7. The van der Waals surface area contributed by atoms with Gasteiger partial charge in [-0.25, -0.2) is 9.78 Å². The van der Waals surface area contributed by atoms with Gasteiger partial charge in [0, 0.05) is 12.4 Å². The van der Waals surface area contributed by atoms with Crippen LogP contribution in [0.15, 0.2) is 29.3 Å². The van der Waals surface area contributed by atoms with Gasteiger partial charge in [0.2, 0.25) is 5.82 Å². The number of aryl methyl sites for hydroxylation is 1. The van der Waals surface area contributed by atoms with Crippen molar-refractivity contribution in [3.05, 3.63) is 40.4 Å². The largest absolute Gasteiger partial charge is 0.480 e. The number of carbonyl (C=O) groups is 2. The van der Waals surface area contributed by atoms with E-state index in [1.165, 1.54) is 16.8 Å². The Balaban J connectivity index is 2.18. The van der Waals surface area contributed by atoms with Crippen LogP contribution >= 0.6 is 0 Å². The molecule has 3 rings (SSSR count). The maximum absolute atomic E-state index is 12.8. The Kier molecular flexibility index (Phi) is 4.31. The van der Waals surface area contributed by atoms with Gasteiger partial charge in [-0.1, -0.05) is 6.07 Å². The highest BCUT2D eigenvalue weighted by Gasteiger charge is 2.26. The van der Waals surface area contributed by atoms with E-state index in [-0.39, 0.29) is 11.4 Å². The number of pyridine rings is 1. The van der Waals surface area contributed by atoms with Crippen LogP contribution in [0.25, 0.3) is 17.0 Å². The SMILES string of the molecule is COC(=O)N(CC(=O)O)n1nnnc1-c1cnc2c(C)cccn2c1=O. The molecule has 0 spiro atoms. The summed E-state index contributed by atoms with van der Waals surface area (Å²) in [6, 6.07) is 3.49. The number of fused-ring (bicyclic) bond motifs is 1. The first-order chi connectivity index (χ1) is 12.4. The Morgan fingerprint density at radius 1 is 1.38 bits per heavy atom. The van der Waals surface area contributed by atoms with Crippen LogP contribution in [-0.2, 0) is 9.53 Å². The van der Waals surface area contributed by atoms with Crippen molar-refractivity contribution in [3.8, 4) is 11.4 Å². The number of carbonyl (C=O) groups excluding carboxylic acids is 1. The molecule has 0 aromatic carbocycles. The fourth-order valence-electron chi connectivity index (χ4n) is 2.35. The number of ether oxygens (including phenoxy) is 1. The summed E-state index contributed by atoms with van der Waals surface area (Å²) in [6.45, 7) is 1.03. The van der Waals surface area contributed by atoms with Crippen molar-refractivity contribution in [2.75, 3.05) is 18.7 Å². The molecule has 0 aliphatic carbocycles. The smallest absolute Gasteiger partial charge is 0.430 e. The minimum Gasteiger partial charge on any atom is -0.480 e. The molecule has 12 heteroatoms. The zero-order valence-electron chi connectivity index (χ0n) is 13.7. The minimum absolute atomic E-state index is 0.0163. The molecule has 0 saturated carbocycles. The van der Waals surface area contributed by atoms with Gasteiger partial charge >= 0.3 is 12.1 Å². The number of amides is 1. The third-order valence-corrected chi connectivity index (χ3v) is 3.52. The number of methoxy groups -OCH3 is 1. The van der Waals surface area contributed by atoms with Gasteiger partial charge in [0.15, 0.2) is 0 Å². The van der Waals surface area contributed by atoms with Crippen LogP contribution in [0, 0.1) is 6.92 Å². The lowest BCUT2D eigenvalue weighted by Gasteiger charge is -2.18. The number of hydrogen-bond donors (Lipinski definition) is 1. The van der Waals surface area contributed by atoms with E-state index in [9.17, 15) is 14.4 Å². The first-order valence-corrected chi connectivity index (χ1v) is 7.27. The number of hydrogen-bond acceptors (Lipinski definition) is 8. The Morgan fingerprint density at radius 2 is 2.15 bits per heavy atom. The number of aromatic nitrogens is 6. The molecule has 1 N–H and O–H groups in total. The molecular weight excluding hydrogens is 346 g/mol. The monoisotopic (exact) mass is 359 g/mol. The van der Waals surface area contributed by atoms with Crippen LogP contribution in [0.1, 0.15) is 5.56 Å². The maximum Gasteiger partial charge on any atom is 0.430 e. The second-order valence-electron chi connectivity index (χ2n) is 5.18. The van der Waals surface area contributed by atoms with E-state index < -0.39 is 24.2 Å².